The fourth-order valence-electron chi connectivity index (χ4n) is 1.38. The molecule has 82 valence electrons. The van der Waals surface area contributed by atoms with Crippen LogP contribution in [0.1, 0.15) is 5.56 Å². The summed E-state index contributed by atoms with van der Waals surface area (Å²) in [5, 5.41) is 3.20. The zero-order valence-electron chi connectivity index (χ0n) is 8.87. The van der Waals surface area contributed by atoms with E-state index in [9.17, 15) is 0 Å². The molecule has 0 saturated heterocycles. The van der Waals surface area contributed by atoms with Gasteiger partial charge in [-0.25, -0.2) is 4.98 Å². The molecule has 0 amide bonds. The number of nitrogens with two attached hydrogens (primary N) is 1. The normalized spacial score (nSPS) is 10.1. The van der Waals surface area contributed by atoms with E-state index in [2.05, 4.69) is 26.2 Å². The van der Waals surface area contributed by atoms with Gasteiger partial charge in [-0.15, -0.1) is 0 Å². The van der Waals surface area contributed by atoms with Gasteiger partial charge >= 0.3 is 0 Å². The van der Waals surface area contributed by atoms with Crippen molar-refractivity contribution in [2.24, 2.45) is 0 Å². The van der Waals surface area contributed by atoms with Gasteiger partial charge in [0.1, 0.15) is 5.82 Å². The lowest BCUT2D eigenvalue weighted by molar-refractivity contribution is 1.24. The lowest BCUT2D eigenvalue weighted by Crippen LogP contribution is -1.96. The van der Waals surface area contributed by atoms with Gasteiger partial charge < -0.3 is 11.1 Å². The Morgan fingerprint density at radius 2 is 2.12 bits per heavy atom. The Morgan fingerprint density at radius 1 is 1.31 bits per heavy atom. The molecule has 0 bridgehead atoms. The molecule has 2 rings (SSSR count). The van der Waals surface area contributed by atoms with Crippen LogP contribution in [0.5, 0.6) is 0 Å². The highest BCUT2D eigenvalue weighted by atomic mass is 79.9. The van der Waals surface area contributed by atoms with Crippen LogP contribution >= 0.6 is 15.9 Å². The second-order valence-corrected chi connectivity index (χ2v) is 4.45. The minimum atomic E-state index is 0.730. The molecule has 2 aromatic rings. The van der Waals surface area contributed by atoms with Crippen molar-refractivity contribution in [1.29, 1.82) is 0 Å². The summed E-state index contributed by atoms with van der Waals surface area (Å²) < 4.78 is 0.940. The van der Waals surface area contributed by atoms with Gasteiger partial charge in [0.2, 0.25) is 0 Å². The number of rotatable bonds is 2. The Bertz CT molecular complexity index is 511. The van der Waals surface area contributed by atoms with E-state index in [1.54, 1.807) is 0 Å². The van der Waals surface area contributed by atoms with Crippen LogP contribution in [0.2, 0.25) is 0 Å². The molecule has 1 aromatic carbocycles. The van der Waals surface area contributed by atoms with E-state index >= 15 is 0 Å². The summed E-state index contributed by atoms with van der Waals surface area (Å²) in [7, 11) is 0. The predicted octanol–water partition coefficient (Wildman–Crippen LogP) is 3.48. The highest BCUT2D eigenvalue weighted by Gasteiger charge is 2.02. The second kappa shape index (κ2) is 4.53. The minimum absolute atomic E-state index is 0.730. The van der Waals surface area contributed by atoms with Gasteiger partial charge in [-0.05, 0) is 52.7 Å². The minimum Gasteiger partial charge on any atom is -0.399 e. The van der Waals surface area contributed by atoms with Crippen molar-refractivity contribution in [3.63, 3.8) is 0 Å². The summed E-state index contributed by atoms with van der Waals surface area (Å²) >= 11 is 3.47. The second-order valence-electron chi connectivity index (χ2n) is 3.59. The highest BCUT2D eigenvalue weighted by Crippen LogP contribution is 2.24. The van der Waals surface area contributed by atoms with Crippen molar-refractivity contribution in [3.05, 3.63) is 46.6 Å². The van der Waals surface area contributed by atoms with Gasteiger partial charge in [-0.1, -0.05) is 6.07 Å². The van der Waals surface area contributed by atoms with Gasteiger partial charge in [0.05, 0.1) is 4.47 Å². The quantitative estimate of drug-likeness (QED) is 0.827. The molecule has 0 radical (unpaired) electrons. The molecule has 0 unspecified atom stereocenters. The molecular weight excluding hydrogens is 266 g/mol. The molecular formula is C12H12BrN3. The van der Waals surface area contributed by atoms with E-state index in [0.29, 0.717) is 0 Å². The SMILES string of the molecule is Cc1cnc(Nc2cccc(N)c2)c(Br)c1. The molecule has 1 aromatic heterocycles. The van der Waals surface area contributed by atoms with Crippen LogP contribution < -0.4 is 11.1 Å². The van der Waals surface area contributed by atoms with E-state index in [-0.39, 0.29) is 0 Å². The fourth-order valence-corrected chi connectivity index (χ4v) is 1.94. The van der Waals surface area contributed by atoms with Crippen molar-refractivity contribution in [2.75, 3.05) is 11.1 Å². The number of hydrogen-bond acceptors (Lipinski definition) is 3. The zero-order valence-corrected chi connectivity index (χ0v) is 10.5. The zero-order chi connectivity index (χ0) is 11.5. The molecule has 4 heteroatoms. The average molecular weight is 278 g/mol. The summed E-state index contributed by atoms with van der Waals surface area (Å²) in [6, 6.07) is 9.59. The topological polar surface area (TPSA) is 50.9 Å². The number of anilines is 3. The molecule has 0 atom stereocenters. The van der Waals surface area contributed by atoms with E-state index in [1.807, 2.05) is 43.5 Å². The Kier molecular flexibility index (Phi) is 3.10. The van der Waals surface area contributed by atoms with Crippen LogP contribution in [-0.2, 0) is 0 Å². The molecule has 0 aliphatic rings. The molecule has 1 heterocycles. The number of nitrogens with one attached hydrogen (secondary N) is 1. The van der Waals surface area contributed by atoms with Gasteiger partial charge in [0.15, 0.2) is 0 Å². The Hall–Kier alpha value is -1.55. The van der Waals surface area contributed by atoms with Gasteiger partial charge in [-0.3, -0.25) is 0 Å². The maximum atomic E-state index is 5.70. The summed E-state index contributed by atoms with van der Waals surface area (Å²) in [6.07, 6.45) is 1.82. The number of pyridine rings is 1. The average Bonchev–Trinajstić information content (AvgIpc) is 2.22. The van der Waals surface area contributed by atoms with Crippen molar-refractivity contribution in [2.45, 2.75) is 6.92 Å². The predicted molar refractivity (Wildman–Crippen MR) is 70.8 cm³/mol. The number of nitrogens with zero attached hydrogens (tertiary/aromatic N) is 1. The number of halogens is 1. The van der Waals surface area contributed by atoms with Crippen molar-refractivity contribution < 1.29 is 0 Å². The standard InChI is InChI=1S/C12H12BrN3/c1-8-5-11(13)12(15-7-8)16-10-4-2-3-9(14)6-10/h2-7H,14H2,1H3,(H,15,16). The molecule has 3 N–H and O–H groups in total. The monoisotopic (exact) mass is 277 g/mol. The van der Waals surface area contributed by atoms with Crippen molar-refractivity contribution in [3.8, 4) is 0 Å². The molecule has 0 aliphatic carbocycles. The van der Waals surface area contributed by atoms with Crippen LogP contribution in [0.3, 0.4) is 0 Å². The van der Waals surface area contributed by atoms with Crippen LogP contribution in [-0.4, -0.2) is 4.98 Å². The number of benzene rings is 1. The maximum absolute atomic E-state index is 5.70. The molecule has 0 saturated carbocycles. The molecule has 0 aliphatic heterocycles. The van der Waals surface area contributed by atoms with Crippen LogP contribution in [0.15, 0.2) is 41.0 Å². The fraction of sp³-hybridized carbons (Fsp3) is 0.0833. The van der Waals surface area contributed by atoms with Gasteiger partial charge in [0, 0.05) is 17.6 Å². The van der Waals surface area contributed by atoms with E-state index in [0.717, 1.165) is 27.2 Å². The first-order valence-corrected chi connectivity index (χ1v) is 5.69. The summed E-state index contributed by atoms with van der Waals surface area (Å²) in [5.74, 6) is 0.788. The van der Waals surface area contributed by atoms with Crippen molar-refractivity contribution >= 4 is 33.1 Å². The third-order valence-electron chi connectivity index (χ3n) is 2.13. The third-order valence-corrected chi connectivity index (χ3v) is 2.73. The van der Waals surface area contributed by atoms with Crippen LogP contribution in [0.4, 0.5) is 17.2 Å². The van der Waals surface area contributed by atoms with E-state index in [4.69, 9.17) is 5.73 Å². The molecule has 0 fully saturated rings. The molecule has 16 heavy (non-hydrogen) atoms. The Balaban J connectivity index is 2.27. The molecule has 0 spiro atoms. The van der Waals surface area contributed by atoms with E-state index < -0.39 is 0 Å². The van der Waals surface area contributed by atoms with Gasteiger partial charge in [0.25, 0.3) is 0 Å². The first-order chi connectivity index (χ1) is 7.65. The first kappa shape index (κ1) is 11.0. The lowest BCUT2D eigenvalue weighted by Gasteiger charge is -2.08. The smallest absolute Gasteiger partial charge is 0.144 e. The van der Waals surface area contributed by atoms with Crippen molar-refractivity contribution in [1.82, 2.24) is 4.98 Å². The Morgan fingerprint density at radius 3 is 2.81 bits per heavy atom. The van der Waals surface area contributed by atoms with E-state index in [1.165, 1.54) is 0 Å². The van der Waals surface area contributed by atoms with Gasteiger partial charge in [-0.2, -0.15) is 0 Å². The Labute approximate surface area is 103 Å². The third kappa shape index (κ3) is 2.52. The van der Waals surface area contributed by atoms with Crippen LogP contribution in [0, 0.1) is 6.92 Å². The summed E-state index contributed by atoms with van der Waals surface area (Å²) in [4.78, 5) is 4.30. The number of nitrogen functional groups attached to an aromatic ring is 1. The number of aryl methyl sites for hydroxylation is 1. The first-order valence-electron chi connectivity index (χ1n) is 4.90. The summed E-state index contributed by atoms with van der Waals surface area (Å²) in [5.41, 5.74) is 8.48. The number of hydrogen-bond donors (Lipinski definition) is 2. The summed E-state index contributed by atoms with van der Waals surface area (Å²) in [6.45, 7) is 2.00. The molecule has 3 nitrogen and oxygen atoms in total. The number of aromatic nitrogens is 1. The maximum Gasteiger partial charge on any atom is 0.144 e. The highest BCUT2D eigenvalue weighted by molar-refractivity contribution is 9.10. The lowest BCUT2D eigenvalue weighted by atomic mass is 10.2. The largest absolute Gasteiger partial charge is 0.399 e. The van der Waals surface area contributed by atoms with Crippen LogP contribution in [0.25, 0.3) is 0 Å².